The first-order valence-electron chi connectivity index (χ1n) is 9.54. The number of nitrogens with zero attached hydrogens (tertiary/aromatic N) is 3. The number of hydrogen-bond donors (Lipinski definition) is 1. The lowest BCUT2D eigenvalue weighted by molar-refractivity contribution is -0.122. The average Bonchev–Trinajstić information content (AvgIpc) is 2.78. The van der Waals surface area contributed by atoms with Crippen LogP contribution in [0.2, 0.25) is 0 Å². The van der Waals surface area contributed by atoms with Crippen molar-refractivity contribution in [2.45, 2.75) is 10.6 Å². The van der Waals surface area contributed by atoms with Gasteiger partial charge in [0, 0.05) is 43.9 Å². The summed E-state index contributed by atoms with van der Waals surface area (Å²) in [5, 5.41) is 11.5. The number of piperazine rings is 1. The maximum absolute atomic E-state index is 13.1. The minimum Gasteiger partial charge on any atom is -0.358 e. The molecule has 2 amide bonds. The molecule has 3 rings (SSSR count). The van der Waals surface area contributed by atoms with Crippen LogP contribution in [0.4, 0.5) is 0 Å². The van der Waals surface area contributed by atoms with Gasteiger partial charge in [-0.15, -0.1) is 11.8 Å². The fraction of sp³-hybridized carbons (Fsp3) is 0.318. The Bertz CT molecular complexity index is 900. The van der Waals surface area contributed by atoms with Gasteiger partial charge in [0.05, 0.1) is 23.7 Å². The van der Waals surface area contributed by atoms with Crippen LogP contribution in [0.1, 0.15) is 21.5 Å². The molecular formula is C22H24N4O2S. The lowest BCUT2D eigenvalue weighted by atomic mass is 10.1. The second-order valence-corrected chi connectivity index (χ2v) is 7.85. The summed E-state index contributed by atoms with van der Waals surface area (Å²) in [6.07, 6.45) is 0. The van der Waals surface area contributed by atoms with Crippen molar-refractivity contribution in [3.05, 3.63) is 65.2 Å². The molecule has 0 bridgehead atoms. The van der Waals surface area contributed by atoms with Gasteiger partial charge < -0.3 is 10.2 Å². The highest BCUT2D eigenvalue weighted by atomic mass is 32.2. The number of amides is 2. The van der Waals surface area contributed by atoms with Crippen molar-refractivity contribution in [1.82, 2.24) is 15.1 Å². The van der Waals surface area contributed by atoms with Gasteiger partial charge in [-0.1, -0.05) is 24.3 Å². The smallest absolute Gasteiger partial charge is 0.255 e. The summed E-state index contributed by atoms with van der Waals surface area (Å²) < 4.78 is 0. The van der Waals surface area contributed by atoms with Crippen LogP contribution in [-0.2, 0) is 10.5 Å². The Labute approximate surface area is 175 Å². The molecule has 1 aliphatic rings. The third-order valence-corrected chi connectivity index (χ3v) is 6.05. The number of carbonyl (C=O) groups excluding carboxylic acids is 2. The molecule has 1 fully saturated rings. The quantitative estimate of drug-likeness (QED) is 0.743. The van der Waals surface area contributed by atoms with Gasteiger partial charge in [0.15, 0.2) is 0 Å². The van der Waals surface area contributed by atoms with E-state index in [1.165, 1.54) is 0 Å². The van der Waals surface area contributed by atoms with Crippen LogP contribution in [0.15, 0.2) is 53.4 Å². The van der Waals surface area contributed by atoms with E-state index >= 15 is 0 Å². The second-order valence-electron chi connectivity index (χ2n) is 6.84. The summed E-state index contributed by atoms with van der Waals surface area (Å²) in [4.78, 5) is 29.5. The Morgan fingerprint density at radius 2 is 1.76 bits per heavy atom. The molecule has 2 aromatic carbocycles. The molecule has 1 aliphatic heterocycles. The number of hydrogen-bond acceptors (Lipinski definition) is 5. The highest BCUT2D eigenvalue weighted by Crippen LogP contribution is 2.27. The third-order valence-electron chi connectivity index (χ3n) is 4.90. The van der Waals surface area contributed by atoms with Crippen molar-refractivity contribution in [3.8, 4) is 6.07 Å². The van der Waals surface area contributed by atoms with Gasteiger partial charge in [-0.3, -0.25) is 14.5 Å². The van der Waals surface area contributed by atoms with E-state index in [1.54, 1.807) is 18.8 Å². The van der Waals surface area contributed by atoms with E-state index in [4.69, 9.17) is 5.26 Å². The number of rotatable bonds is 6. The molecule has 1 saturated heterocycles. The molecule has 0 unspecified atom stereocenters. The predicted molar refractivity (Wildman–Crippen MR) is 114 cm³/mol. The average molecular weight is 409 g/mol. The fourth-order valence-electron chi connectivity index (χ4n) is 3.17. The first-order valence-corrected chi connectivity index (χ1v) is 10.5. The summed E-state index contributed by atoms with van der Waals surface area (Å²) in [5.74, 6) is 0.762. The Hall–Kier alpha value is -2.82. The summed E-state index contributed by atoms with van der Waals surface area (Å²) in [5.41, 5.74) is 2.47. The van der Waals surface area contributed by atoms with Crippen molar-refractivity contribution in [1.29, 1.82) is 5.26 Å². The third kappa shape index (κ3) is 5.59. The normalized spacial score (nSPS) is 14.3. The van der Waals surface area contributed by atoms with Crippen LogP contribution in [-0.4, -0.2) is 61.4 Å². The molecule has 0 spiro atoms. The zero-order valence-electron chi connectivity index (χ0n) is 16.4. The highest BCUT2D eigenvalue weighted by molar-refractivity contribution is 7.98. The van der Waals surface area contributed by atoms with Crippen LogP contribution in [0.25, 0.3) is 0 Å². The van der Waals surface area contributed by atoms with Gasteiger partial charge in [0.2, 0.25) is 5.91 Å². The van der Waals surface area contributed by atoms with E-state index in [0.29, 0.717) is 43.9 Å². The summed E-state index contributed by atoms with van der Waals surface area (Å²) >= 11 is 1.62. The molecule has 0 aromatic heterocycles. The Balaban J connectivity index is 1.61. The van der Waals surface area contributed by atoms with E-state index in [9.17, 15) is 9.59 Å². The fourth-order valence-corrected chi connectivity index (χ4v) is 4.17. The van der Waals surface area contributed by atoms with E-state index in [-0.39, 0.29) is 11.8 Å². The van der Waals surface area contributed by atoms with Gasteiger partial charge >= 0.3 is 0 Å². The van der Waals surface area contributed by atoms with Crippen molar-refractivity contribution < 1.29 is 9.59 Å². The van der Waals surface area contributed by atoms with Crippen molar-refractivity contribution >= 4 is 23.6 Å². The lowest BCUT2D eigenvalue weighted by Crippen LogP contribution is -2.50. The molecule has 29 heavy (non-hydrogen) atoms. The molecule has 2 aromatic rings. The van der Waals surface area contributed by atoms with Gasteiger partial charge in [-0.25, -0.2) is 0 Å². The summed E-state index contributed by atoms with van der Waals surface area (Å²) in [6.45, 7) is 2.99. The Morgan fingerprint density at radius 1 is 1.07 bits per heavy atom. The van der Waals surface area contributed by atoms with Crippen LogP contribution in [0.3, 0.4) is 0 Å². The number of thioether (sulfide) groups is 1. The standard InChI is InChI=1S/C22H24N4O2S/c1-24-21(27)15-25-10-12-26(13-11-25)22(28)19-4-2-3-5-20(19)29-16-18-8-6-17(14-23)7-9-18/h2-9H,10-13,15-16H2,1H3,(H,24,27). The minimum atomic E-state index is -0.00525. The number of likely N-dealkylation sites (N-methyl/N-ethyl adjacent to an activating group) is 1. The second kappa shape index (κ2) is 10.1. The van der Waals surface area contributed by atoms with E-state index in [2.05, 4.69) is 16.3 Å². The number of benzene rings is 2. The molecule has 0 atom stereocenters. The summed E-state index contributed by atoms with van der Waals surface area (Å²) in [6, 6.07) is 17.3. The molecule has 1 heterocycles. The van der Waals surface area contributed by atoms with Gasteiger partial charge in [-0.2, -0.15) is 5.26 Å². The molecule has 0 saturated carbocycles. The van der Waals surface area contributed by atoms with Crippen LogP contribution >= 0.6 is 11.8 Å². The first-order chi connectivity index (χ1) is 14.1. The largest absolute Gasteiger partial charge is 0.358 e. The number of nitriles is 1. The minimum absolute atomic E-state index is 0.00525. The van der Waals surface area contributed by atoms with E-state index < -0.39 is 0 Å². The lowest BCUT2D eigenvalue weighted by Gasteiger charge is -2.34. The van der Waals surface area contributed by atoms with E-state index in [0.717, 1.165) is 16.2 Å². The van der Waals surface area contributed by atoms with Crippen LogP contribution < -0.4 is 5.32 Å². The predicted octanol–water partition coefficient (Wildman–Crippen LogP) is 2.35. The topological polar surface area (TPSA) is 76.4 Å². The van der Waals surface area contributed by atoms with Crippen molar-refractivity contribution in [3.63, 3.8) is 0 Å². The Morgan fingerprint density at radius 3 is 2.41 bits per heavy atom. The monoisotopic (exact) mass is 408 g/mol. The summed E-state index contributed by atoms with van der Waals surface area (Å²) in [7, 11) is 1.63. The molecule has 0 radical (unpaired) electrons. The zero-order chi connectivity index (χ0) is 20.6. The van der Waals surface area contributed by atoms with E-state index in [1.807, 2.05) is 53.4 Å². The van der Waals surface area contributed by atoms with Crippen LogP contribution in [0.5, 0.6) is 0 Å². The Kier molecular flexibility index (Phi) is 7.28. The molecule has 6 nitrogen and oxygen atoms in total. The molecule has 1 N–H and O–H groups in total. The highest BCUT2D eigenvalue weighted by Gasteiger charge is 2.24. The van der Waals surface area contributed by atoms with Gasteiger partial charge in [0.25, 0.3) is 5.91 Å². The van der Waals surface area contributed by atoms with Gasteiger partial charge in [-0.05, 0) is 29.8 Å². The maximum atomic E-state index is 13.1. The number of carbonyl (C=O) groups is 2. The molecular weight excluding hydrogens is 384 g/mol. The van der Waals surface area contributed by atoms with Crippen LogP contribution in [0, 0.1) is 11.3 Å². The SMILES string of the molecule is CNC(=O)CN1CCN(C(=O)c2ccccc2SCc2ccc(C#N)cc2)CC1. The molecule has 0 aliphatic carbocycles. The molecule has 7 heteroatoms. The first kappa shape index (κ1) is 20.9. The number of nitrogens with one attached hydrogen (secondary N) is 1. The maximum Gasteiger partial charge on any atom is 0.255 e. The zero-order valence-corrected chi connectivity index (χ0v) is 17.2. The van der Waals surface area contributed by atoms with Crippen molar-refractivity contribution in [2.24, 2.45) is 0 Å². The van der Waals surface area contributed by atoms with Gasteiger partial charge in [0.1, 0.15) is 0 Å². The van der Waals surface area contributed by atoms with Crippen molar-refractivity contribution in [2.75, 3.05) is 39.8 Å². The molecule has 150 valence electrons.